The van der Waals surface area contributed by atoms with Gasteiger partial charge in [0, 0.05) is 24.6 Å². The van der Waals surface area contributed by atoms with E-state index >= 15 is 0 Å². The first-order valence-corrected chi connectivity index (χ1v) is 4.80. The molecule has 2 rings (SSSR count). The predicted molar refractivity (Wildman–Crippen MR) is 53.9 cm³/mol. The van der Waals surface area contributed by atoms with Gasteiger partial charge in [-0.25, -0.2) is 0 Å². The van der Waals surface area contributed by atoms with Crippen molar-refractivity contribution in [2.75, 3.05) is 11.9 Å². The molecule has 1 aliphatic rings. The van der Waals surface area contributed by atoms with Gasteiger partial charge in [0.25, 0.3) is 0 Å². The highest BCUT2D eigenvalue weighted by Gasteiger charge is 2.21. The SMILES string of the molecule is O=C1NCCCC1Nc1ccncc1. The first-order chi connectivity index (χ1) is 6.86. The van der Waals surface area contributed by atoms with E-state index in [9.17, 15) is 4.79 Å². The molecule has 0 spiro atoms. The van der Waals surface area contributed by atoms with Crippen LogP contribution in [0.4, 0.5) is 5.69 Å². The summed E-state index contributed by atoms with van der Waals surface area (Å²) in [5.41, 5.74) is 0.946. The highest BCUT2D eigenvalue weighted by Crippen LogP contribution is 2.11. The van der Waals surface area contributed by atoms with Crippen LogP contribution >= 0.6 is 0 Å². The number of hydrogen-bond acceptors (Lipinski definition) is 3. The minimum atomic E-state index is -0.0915. The lowest BCUT2D eigenvalue weighted by atomic mass is 10.1. The summed E-state index contributed by atoms with van der Waals surface area (Å²) < 4.78 is 0. The maximum absolute atomic E-state index is 11.4. The lowest BCUT2D eigenvalue weighted by molar-refractivity contribution is -0.123. The first kappa shape index (κ1) is 8.99. The number of nitrogens with zero attached hydrogens (tertiary/aromatic N) is 1. The standard InChI is InChI=1S/C10H13N3O/c14-10-9(2-1-5-12-10)13-8-3-6-11-7-4-8/h3-4,6-7,9H,1-2,5H2,(H,11,13)(H,12,14). The molecule has 1 aliphatic heterocycles. The van der Waals surface area contributed by atoms with Crippen molar-refractivity contribution in [2.45, 2.75) is 18.9 Å². The first-order valence-electron chi connectivity index (χ1n) is 4.80. The van der Waals surface area contributed by atoms with Gasteiger partial charge in [-0.05, 0) is 25.0 Å². The Hall–Kier alpha value is -1.58. The topological polar surface area (TPSA) is 54.0 Å². The van der Waals surface area contributed by atoms with Gasteiger partial charge in [-0.3, -0.25) is 9.78 Å². The third kappa shape index (κ3) is 2.02. The number of carbonyl (C=O) groups excluding carboxylic acids is 1. The van der Waals surface area contributed by atoms with E-state index in [-0.39, 0.29) is 11.9 Å². The minimum absolute atomic E-state index is 0.0908. The Morgan fingerprint density at radius 1 is 1.43 bits per heavy atom. The Balaban J connectivity index is 2.00. The average molecular weight is 191 g/mol. The molecule has 1 atom stereocenters. The van der Waals surface area contributed by atoms with Crippen LogP contribution in [0.3, 0.4) is 0 Å². The molecule has 14 heavy (non-hydrogen) atoms. The summed E-state index contributed by atoms with van der Waals surface area (Å²) in [4.78, 5) is 15.3. The second-order valence-electron chi connectivity index (χ2n) is 3.37. The van der Waals surface area contributed by atoms with Crippen molar-refractivity contribution in [3.63, 3.8) is 0 Å². The fourth-order valence-electron chi connectivity index (χ4n) is 1.56. The molecule has 74 valence electrons. The molecule has 1 aromatic rings. The third-order valence-corrected chi connectivity index (χ3v) is 2.31. The van der Waals surface area contributed by atoms with Crippen molar-refractivity contribution < 1.29 is 4.79 Å². The molecule has 0 aliphatic carbocycles. The molecule has 0 saturated carbocycles. The second kappa shape index (κ2) is 4.09. The Labute approximate surface area is 82.7 Å². The molecule has 4 heteroatoms. The van der Waals surface area contributed by atoms with E-state index in [0.29, 0.717) is 0 Å². The van der Waals surface area contributed by atoms with E-state index in [1.807, 2.05) is 12.1 Å². The van der Waals surface area contributed by atoms with Gasteiger partial charge in [-0.1, -0.05) is 0 Å². The third-order valence-electron chi connectivity index (χ3n) is 2.31. The van der Waals surface area contributed by atoms with Crippen molar-refractivity contribution in [1.82, 2.24) is 10.3 Å². The monoisotopic (exact) mass is 191 g/mol. The highest BCUT2D eigenvalue weighted by molar-refractivity contribution is 5.85. The van der Waals surface area contributed by atoms with Crippen LogP contribution in [0.25, 0.3) is 0 Å². The zero-order chi connectivity index (χ0) is 9.80. The van der Waals surface area contributed by atoms with Gasteiger partial charge in [0.15, 0.2) is 0 Å². The maximum atomic E-state index is 11.4. The number of pyridine rings is 1. The zero-order valence-electron chi connectivity index (χ0n) is 7.86. The van der Waals surface area contributed by atoms with Crippen molar-refractivity contribution in [1.29, 1.82) is 0 Å². The molecule has 2 heterocycles. The minimum Gasteiger partial charge on any atom is -0.374 e. The molecule has 1 aromatic heterocycles. The zero-order valence-corrected chi connectivity index (χ0v) is 7.86. The van der Waals surface area contributed by atoms with Gasteiger partial charge >= 0.3 is 0 Å². The van der Waals surface area contributed by atoms with Gasteiger partial charge < -0.3 is 10.6 Å². The van der Waals surface area contributed by atoms with E-state index < -0.39 is 0 Å². The molecule has 4 nitrogen and oxygen atoms in total. The summed E-state index contributed by atoms with van der Waals surface area (Å²) in [5.74, 6) is 0.0908. The molecule has 0 bridgehead atoms. The number of amides is 1. The molecule has 0 aromatic carbocycles. The Bertz CT molecular complexity index is 312. The molecule has 1 fully saturated rings. The van der Waals surface area contributed by atoms with Crippen LogP contribution in [-0.2, 0) is 4.79 Å². The van der Waals surface area contributed by atoms with E-state index in [2.05, 4.69) is 15.6 Å². The van der Waals surface area contributed by atoms with Gasteiger partial charge in [-0.2, -0.15) is 0 Å². The number of anilines is 1. The van der Waals surface area contributed by atoms with E-state index in [1.54, 1.807) is 12.4 Å². The van der Waals surface area contributed by atoms with Crippen LogP contribution in [0.15, 0.2) is 24.5 Å². The summed E-state index contributed by atoms with van der Waals surface area (Å²) in [7, 11) is 0. The number of aromatic nitrogens is 1. The van der Waals surface area contributed by atoms with Crippen LogP contribution in [-0.4, -0.2) is 23.5 Å². The quantitative estimate of drug-likeness (QED) is 0.726. The Morgan fingerprint density at radius 3 is 2.93 bits per heavy atom. The van der Waals surface area contributed by atoms with E-state index in [1.165, 1.54) is 0 Å². The summed E-state index contributed by atoms with van der Waals surface area (Å²) in [6, 6.07) is 3.63. The van der Waals surface area contributed by atoms with Gasteiger partial charge in [0.1, 0.15) is 6.04 Å². The Kier molecular flexibility index (Phi) is 2.62. The molecule has 1 amide bonds. The smallest absolute Gasteiger partial charge is 0.242 e. The lowest BCUT2D eigenvalue weighted by Crippen LogP contribution is -2.44. The fraction of sp³-hybridized carbons (Fsp3) is 0.400. The molecular weight excluding hydrogens is 178 g/mol. The summed E-state index contributed by atoms with van der Waals surface area (Å²) in [6.07, 6.45) is 5.36. The summed E-state index contributed by atoms with van der Waals surface area (Å²) >= 11 is 0. The number of hydrogen-bond donors (Lipinski definition) is 2. The van der Waals surface area contributed by atoms with Gasteiger partial charge in [-0.15, -0.1) is 0 Å². The van der Waals surface area contributed by atoms with Crippen molar-refractivity contribution in [2.24, 2.45) is 0 Å². The average Bonchev–Trinajstić information content (AvgIpc) is 2.23. The molecule has 1 saturated heterocycles. The number of rotatable bonds is 2. The van der Waals surface area contributed by atoms with Crippen LogP contribution < -0.4 is 10.6 Å². The van der Waals surface area contributed by atoms with Crippen LogP contribution in [0.5, 0.6) is 0 Å². The molecule has 1 unspecified atom stereocenters. The van der Waals surface area contributed by atoms with Crippen molar-refractivity contribution in [3.8, 4) is 0 Å². The maximum Gasteiger partial charge on any atom is 0.242 e. The van der Waals surface area contributed by atoms with Gasteiger partial charge in [0.05, 0.1) is 0 Å². The molecule has 0 radical (unpaired) electrons. The lowest BCUT2D eigenvalue weighted by Gasteiger charge is -2.23. The van der Waals surface area contributed by atoms with E-state index in [0.717, 1.165) is 25.1 Å². The van der Waals surface area contributed by atoms with Crippen LogP contribution in [0.1, 0.15) is 12.8 Å². The van der Waals surface area contributed by atoms with Crippen molar-refractivity contribution >= 4 is 11.6 Å². The largest absolute Gasteiger partial charge is 0.374 e. The summed E-state index contributed by atoms with van der Waals surface area (Å²) in [5, 5.41) is 6.01. The van der Waals surface area contributed by atoms with Crippen molar-refractivity contribution in [3.05, 3.63) is 24.5 Å². The van der Waals surface area contributed by atoms with Gasteiger partial charge in [0.2, 0.25) is 5.91 Å². The van der Waals surface area contributed by atoms with Crippen LogP contribution in [0.2, 0.25) is 0 Å². The normalized spacial score (nSPS) is 21.4. The highest BCUT2D eigenvalue weighted by atomic mass is 16.2. The molecular formula is C10H13N3O. The number of nitrogens with one attached hydrogen (secondary N) is 2. The van der Waals surface area contributed by atoms with Crippen LogP contribution in [0, 0.1) is 0 Å². The number of piperidine rings is 1. The van der Waals surface area contributed by atoms with E-state index in [4.69, 9.17) is 0 Å². The molecule has 2 N–H and O–H groups in total. The predicted octanol–water partition coefficient (Wildman–Crippen LogP) is 0.772. The Morgan fingerprint density at radius 2 is 2.21 bits per heavy atom. The summed E-state index contributed by atoms with van der Waals surface area (Å²) in [6.45, 7) is 0.799. The second-order valence-corrected chi connectivity index (χ2v) is 3.37. The number of carbonyl (C=O) groups is 1. The fourth-order valence-corrected chi connectivity index (χ4v) is 1.56.